The van der Waals surface area contributed by atoms with Crippen molar-refractivity contribution in [3.05, 3.63) is 23.8 Å². The fourth-order valence-corrected chi connectivity index (χ4v) is 1.60. The first-order chi connectivity index (χ1) is 10.7. The zero-order chi connectivity index (χ0) is 17.5. The van der Waals surface area contributed by atoms with Gasteiger partial charge in [-0.25, -0.2) is 9.59 Å². The van der Waals surface area contributed by atoms with Crippen molar-refractivity contribution in [3.8, 4) is 5.75 Å². The van der Waals surface area contributed by atoms with Gasteiger partial charge in [0.2, 0.25) is 0 Å². The molecule has 1 rings (SSSR count). The highest BCUT2D eigenvalue weighted by atomic mass is 16.6. The van der Waals surface area contributed by atoms with Crippen LogP contribution in [0, 0.1) is 0 Å². The van der Waals surface area contributed by atoms with Gasteiger partial charge in [-0.3, -0.25) is 10.1 Å². The Morgan fingerprint density at radius 3 is 2.52 bits per heavy atom. The maximum atomic E-state index is 11.7. The van der Waals surface area contributed by atoms with Gasteiger partial charge in [-0.15, -0.1) is 0 Å². The lowest BCUT2D eigenvalue weighted by Crippen LogP contribution is -2.27. The Labute approximate surface area is 134 Å². The van der Waals surface area contributed by atoms with Crippen LogP contribution in [-0.2, 0) is 14.3 Å². The third-order valence-corrected chi connectivity index (χ3v) is 2.44. The van der Waals surface area contributed by atoms with E-state index in [-0.39, 0.29) is 24.5 Å². The van der Waals surface area contributed by atoms with Gasteiger partial charge in [-0.2, -0.15) is 0 Å². The van der Waals surface area contributed by atoms with Crippen LogP contribution < -0.4 is 10.1 Å². The Hall–Kier alpha value is -2.57. The van der Waals surface area contributed by atoms with E-state index in [2.05, 4.69) is 5.32 Å². The Balaban J connectivity index is 2.80. The van der Waals surface area contributed by atoms with Crippen LogP contribution in [0.2, 0.25) is 0 Å². The highest BCUT2D eigenvalue weighted by Crippen LogP contribution is 2.23. The molecule has 0 aliphatic carbocycles. The Morgan fingerprint density at radius 2 is 1.96 bits per heavy atom. The molecule has 23 heavy (non-hydrogen) atoms. The van der Waals surface area contributed by atoms with Gasteiger partial charge in [0.15, 0.2) is 12.9 Å². The summed E-state index contributed by atoms with van der Waals surface area (Å²) in [7, 11) is 0. The monoisotopic (exact) mass is 323 g/mol. The predicted octanol–water partition coefficient (Wildman–Crippen LogP) is 2.79. The van der Waals surface area contributed by atoms with E-state index >= 15 is 0 Å². The van der Waals surface area contributed by atoms with E-state index < -0.39 is 17.7 Å². The molecule has 1 aromatic rings. The zero-order valence-electron chi connectivity index (χ0n) is 13.7. The Kier molecular flexibility index (Phi) is 6.56. The summed E-state index contributed by atoms with van der Waals surface area (Å²) in [4.78, 5) is 34.0. The average Bonchev–Trinajstić information content (AvgIpc) is 2.43. The number of rotatable bonds is 6. The number of nitrogens with one attached hydrogen (secondary N) is 1. The van der Waals surface area contributed by atoms with E-state index in [9.17, 15) is 14.4 Å². The predicted molar refractivity (Wildman–Crippen MR) is 83.8 cm³/mol. The van der Waals surface area contributed by atoms with Crippen LogP contribution >= 0.6 is 0 Å². The SMILES string of the molecule is CCOC(=O)COc1cc(NC(=O)OC(C)(C)C)ccc1C=O. The second-order valence-corrected chi connectivity index (χ2v) is 5.59. The highest BCUT2D eigenvalue weighted by molar-refractivity contribution is 5.87. The van der Waals surface area contributed by atoms with Gasteiger partial charge in [0.05, 0.1) is 12.2 Å². The topological polar surface area (TPSA) is 90.9 Å². The van der Waals surface area contributed by atoms with Gasteiger partial charge in [0.25, 0.3) is 0 Å². The molecule has 1 N–H and O–H groups in total. The van der Waals surface area contributed by atoms with Crippen molar-refractivity contribution in [3.63, 3.8) is 0 Å². The summed E-state index contributed by atoms with van der Waals surface area (Å²) in [6.07, 6.45) is -0.0368. The first-order valence-electron chi connectivity index (χ1n) is 7.13. The second-order valence-electron chi connectivity index (χ2n) is 5.59. The standard InChI is InChI=1S/C16H21NO6/c1-5-21-14(19)10-22-13-8-12(7-6-11(13)9-18)17-15(20)23-16(2,3)4/h6-9H,5,10H2,1-4H3,(H,17,20). The molecule has 0 aliphatic heterocycles. The molecule has 0 fully saturated rings. The number of amides is 1. The first-order valence-corrected chi connectivity index (χ1v) is 7.13. The summed E-state index contributed by atoms with van der Waals surface area (Å²) in [5, 5.41) is 2.53. The average molecular weight is 323 g/mol. The van der Waals surface area contributed by atoms with Gasteiger partial charge in [-0.1, -0.05) is 0 Å². The molecule has 0 saturated carbocycles. The largest absolute Gasteiger partial charge is 0.481 e. The normalized spacial score (nSPS) is 10.6. The molecule has 0 aliphatic rings. The number of benzene rings is 1. The van der Waals surface area contributed by atoms with Gasteiger partial charge < -0.3 is 14.2 Å². The lowest BCUT2D eigenvalue weighted by Gasteiger charge is -2.20. The Morgan fingerprint density at radius 1 is 1.26 bits per heavy atom. The van der Waals surface area contributed by atoms with Crippen LogP contribution in [0.25, 0.3) is 0 Å². The van der Waals surface area contributed by atoms with Crippen molar-refractivity contribution in [1.29, 1.82) is 0 Å². The van der Waals surface area contributed by atoms with Crippen LogP contribution in [0.1, 0.15) is 38.1 Å². The smallest absolute Gasteiger partial charge is 0.412 e. The molecule has 0 saturated heterocycles. The molecule has 0 radical (unpaired) electrons. The minimum Gasteiger partial charge on any atom is -0.481 e. The van der Waals surface area contributed by atoms with E-state index in [1.807, 2.05) is 0 Å². The van der Waals surface area contributed by atoms with Crippen molar-refractivity contribution in [1.82, 2.24) is 0 Å². The number of ether oxygens (including phenoxy) is 3. The van der Waals surface area contributed by atoms with Gasteiger partial charge >= 0.3 is 12.1 Å². The van der Waals surface area contributed by atoms with Gasteiger partial charge in [-0.05, 0) is 39.8 Å². The van der Waals surface area contributed by atoms with Crippen molar-refractivity contribution in [2.24, 2.45) is 0 Å². The van der Waals surface area contributed by atoms with Gasteiger partial charge in [0, 0.05) is 11.8 Å². The van der Waals surface area contributed by atoms with Crippen molar-refractivity contribution in [2.45, 2.75) is 33.3 Å². The number of carbonyl (C=O) groups excluding carboxylic acids is 3. The summed E-state index contributed by atoms with van der Waals surface area (Å²) >= 11 is 0. The number of aldehydes is 1. The van der Waals surface area contributed by atoms with Crippen molar-refractivity contribution < 1.29 is 28.6 Å². The lowest BCUT2D eigenvalue weighted by atomic mass is 10.2. The van der Waals surface area contributed by atoms with E-state index in [0.29, 0.717) is 12.0 Å². The van der Waals surface area contributed by atoms with E-state index in [4.69, 9.17) is 14.2 Å². The molecule has 0 heterocycles. The van der Waals surface area contributed by atoms with Crippen molar-refractivity contribution in [2.75, 3.05) is 18.5 Å². The highest BCUT2D eigenvalue weighted by Gasteiger charge is 2.17. The Bertz CT molecular complexity index is 576. The molecular weight excluding hydrogens is 302 g/mol. The fraction of sp³-hybridized carbons (Fsp3) is 0.438. The van der Waals surface area contributed by atoms with Crippen LogP contribution in [0.15, 0.2) is 18.2 Å². The molecule has 1 aromatic carbocycles. The van der Waals surface area contributed by atoms with E-state index in [1.54, 1.807) is 27.7 Å². The quantitative estimate of drug-likeness (QED) is 0.639. The molecule has 7 heteroatoms. The first kappa shape index (κ1) is 18.5. The molecule has 0 atom stereocenters. The molecule has 0 spiro atoms. The molecule has 126 valence electrons. The molecule has 0 bridgehead atoms. The molecular formula is C16H21NO6. The summed E-state index contributed by atoms with van der Waals surface area (Å²) in [6, 6.07) is 4.44. The van der Waals surface area contributed by atoms with Crippen LogP contribution in [0.5, 0.6) is 5.75 Å². The minimum absolute atomic E-state index is 0.168. The van der Waals surface area contributed by atoms with Crippen LogP contribution in [0.4, 0.5) is 10.5 Å². The summed E-state index contributed by atoms with van der Waals surface area (Å²) in [5.41, 5.74) is 0.00326. The number of anilines is 1. The van der Waals surface area contributed by atoms with Crippen LogP contribution in [0.3, 0.4) is 0 Å². The summed E-state index contributed by atoms with van der Waals surface area (Å²) in [5.74, 6) is -0.378. The third-order valence-electron chi connectivity index (χ3n) is 2.44. The maximum Gasteiger partial charge on any atom is 0.412 e. The number of hydrogen-bond acceptors (Lipinski definition) is 6. The number of carbonyl (C=O) groups is 3. The molecule has 7 nitrogen and oxygen atoms in total. The minimum atomic E-state index is -0.632. The lowest BCUT2D eigenvalue weighted by molar-refractivity contribution is -0.145. The number of esters is 1. The van der Waals surface area contributed by atoms with E-state index in [1.165, 1.54) is 18.2 Å². The zero-order valence-corrected chi connectivity index (χ0v) is 13.7. The van der Waals surface area contributed by atoms with E-state index in [0.717, 1.165) is 0 Å². The van der Waals surface area contributed by atoms with Crippen LogP contribution in [-0.4, -0.2) is 37.2 Å². The van der Waals surface area contributed by atoms with Crippen molar-refractivity contribution >= 4 is 24.0 Å². The summed E-state index contributed by atoms with van der Waals surface area (Å²) < 4.78 is 15.1. The van der Waals surface area contributed by atoms with Gasteiger partial charge in [0.1, 0.15) is 11.4 Å². The molecule has 0 unspecified atom stereocenters. The number of hydrogen-bond donors (Lipinski definition) is 1. The molecule has 1 amide bonds. The molecule has 0 aromatic heterocycles. The summed E-state index contributed by atoms with van der Waals surface area (Å²) in [6.45, 7) is 6.83. The fourth-order valence-electron chi connectivity index (χ4n) is 1.60. The maximum absolute atomic E-state index is 11.7. The second kappa shape index (κ2) is 8.17. The third kappa shape index (κ3) is 6.82.